The van der Waals surface area contributed by atoms with Crippen LogP contribution in [0.1, 0.15) is 12.8 Å². The first-order valence-electron chi connectivity index (χ1n) is 3.65. The third-order valence-corrected chi connectivity index (χ3v) is 1.28. The maximum Gasteiger partial charge on any atom is 0.0524 e. The van der Waals surface area contributed by atoms with Crippen molar-refractivity contribution in [1.82, 2.24) is 5.01 Å². The van der Waals surface area contributed by atoms with E-state index in [0.29, 0.717) is 19.5 Å². The zero-order valence-corrected chi connectivity index (χ0v) is 6.57. The molecule has 0 fully saturated rings. The smallest absolute Gasteiger partial charge is 0.0524 e. The van der Waals surface area contributed by atoms with Crippen LogP contribution in [-0.4, -0.2) is 29.8 Å². The number of rotatable bonds is 7. The molecule has 0 aliphatic rings. The maximum atomic E-state index is 10.1. The summed E-state index contributed by atoms with van der Waals surface area (Å²) >= 11 is 0. The van der Waals surface area contributed by atoms with Gasteiger partial charge in [0.15, 0.2) is 0 Å². The average molecular weight is 158 g/mol. The minimum atomic E-state index is 0.0973. The first-order chi connectivity index (χ1) is 5.35. The Balaban J connectivity index is 3.40. The van der Waals surface area contributed by atoms with Crippen LogP contribution < -0.4 is 0 Å². The van der Waals surface area contributed by atoms with E-state index in [-0.39, 0.29) is 6.61 Å². The minimum absolute atomic E-state index is 0.0973. The van der Waals surface area contributed by atoms with E-state index in [2.05, 4.69) is 11.9 Å². The summed E-state index contributed by atoms with van der Waals surface area (Å²) < 4.78 is 0. The summed E-state index contributed by atoms with van der Waals surface area (Å²) in [6, 6.07) is 0. The largest absolute Gasteiger partial charge is 0.396 e. The average Bonchev–Trinajstić information content (AvgIpc) is 2.05. The quantitative estimate of drug-likeness (QED) is 0.340. The topological polar surface area (TPSA) is 52.9 Å². The molecule has 11 heavy (non-hydrogen) atoms. The zero-order valence-electron chi connectivity index (χ0n) is 6.57. The molecule has 0 aliphatic heterocycles. The van der Waals surface area contributed by atoms with Crippen molar-refractivity contribution >= 4 is 0 Å². The van der Waals surface area contributed by atoms with Crippen LogP contribution in [-0.2, 0) is 0 Å². The highest BCUT2D eigenvalue weighted by Gasteiger charge is 1.98. The van der Waals surface area contributed by atoms with Gasteiger partial charge in [-0.15, -0.1) is 11.5 Å². The highest BCUT2D eigenvalue weighted by molar-refractivity contribution is 4.68. The third-order valence-electron chi connectivity index (χ3n) is 1.28. The molecule has 4 nitrogen and oxygen atoms in total. The van der Waals surface area contributed by atoms with E-state index < -0.39 is 0 Å². The van der Waals surface area contributed by atoms with E-state index >= 15 is 0 Å². The number of nitroso groups, excluding NO2 is 1. The molecule has 0 amide bonds. The molecule has 0 saturated heterocycles. The van der Waals surface area contributed by atoms with Crippen LogP contribution >= 0.6 is 0 Å². The van der Waals surface area contributed by atoms with Crippen LogP contribution in [0, 0.1) is 4.91 Å². The normalized spacial score (nSPS) is 9.18. The molecule has 0 aromatic rings. The molecule has 64 valence electrons. The van der Waals surface area contributed by atoms with Gasteiger partial charge in [-0.05, 0) is 12.8 Å². The van der Waals surface area contributed by atoms with Gasteiger partial charge >= 0.3 is 0 Å². The predicted molar refractivity (Wildman–Crippen MR) is 43.9 cm³/mol. The SMILES string of the molecule is C=CCCN(CCCO)N=O. The Hall–Kier alpha value is -0.900. The summed E-state index contributed by atoms with van der Waals surface area (Å²) in [5, 5.41) is 12.6. The van der Waals surface area contributed by atoms with Gasteiger partial charge in [0.2, 0.25) is 0 Å². The van der Waals surface area contributed by atoms with Crippen molar-refractivity contribution in [2.45, 2.75) is 12.8 Å². The highest BCUT2D eigenvalue weighted by atomic mass is 16.3. The van der Waals surface area contributed by atoms with E-state index in [1.165, 1.54) is 5.01 Å². The molecule has 0 spiro atoms. The molecule has 0 atom stereocenters. The fraction of sp³-hybridized carbons (Fsp3) is 0.714. The summed E-state index contributed by atoms with van der Waals surface area (Å²) in [5.74, 6) is 0. The fourth-order valence-corrected chi connectivity index (χ4v) is 0.687. The van der Waals surface area contributed by atoms with E-state index in [4.69, 9.17) is 5.11 Å². The first-order valence-corrected chi connectivity index (χ1v) is 3.65. The Kier molecular flexibility index (Phi) is 6.62. The summed E-state index contributed by atoms with van der Waals surface area (Å²) in [7, 11) is 0. The number of hydrogen-bond donors (Lipinski definition) is 1. The van der Waals surface area contributed by atoms with Crippen LogP contribution in [0.2, 0.25) is 0 Å². The van der Waals surface area contributed by atoms with Crippen molar-refractivity contribution < 1.29 is 5.11 Å². The lowest BCUT2D eigenvalue weighted by Crippen LogP contribution is -2.19. The van der Waals surface area contributed by atoms with Crippen molar-refractivity contribution in [2.24, 2.45) is 5.29 Å². The summed E-state index contributed by atoms with van der Waals surface area (Å²) in [4.78, 5) is 10.1. The van der Waals surface area contributed by atoms with E-state index in [9.17, 15) is 4.91 Å². The number of aliphatic hydroxyl groups excluding tert-OH is 1. The molecular weight excluding hydrogens is 144 g/mol. The molecule has 0 saturated carbocycles. The van der Waals surface area contributed by atoms with Gasteiger partial charge in [0.05, 0.1) is 5.29 Å². The number of aliphatic hydroxyl groups is 1. The molecule has 0 aromatic heterocycles. The van der Waals surface area contributed by atoms with Crippen molar-refractivity contribution in [3.05, 3.63) is 17.6 Å². The van der Waals surface area contributed by atoms with Gasteiger partial charge in [-0.3, -0.25) is 5.01 Å². The van der Waals surface area contributed by atoms with Gasteiger partial charge < -0.3 is 5.11 Å². The van der Waals surface area contributed by atoms with Crippen molar-refractivity contribution in [1.29, 1.82) is 0 Å². The lowest BCUT2D eigenvalue weighted by atomic mass is 10.4. The van der Waals surface area contributed by atoms with E-state index in [1.807, 2.05) is 0 Å². The van der Waals surface area contributed by atoms with Crippen molar-refractivity contribution in [2.75, 3.05) is 19.7 Å². The Morgan fingerprint density at radius 1 is 1.55 bits per heavy atom. The predicted octanol–water partition coefficient (Wildman–Crippen LogP) is 0.928. The Morgan fingerprint density at radius 3 is 2.73 bits per heavy atom. The summed E-state index contributed by atoms with van der Waals surface area (Å²) in [6.07, 6.45) is 3.07. The van der Waals surface area contributed by atoms with Crippen LogP contribution in [0.4, 0.5) is 0 Å². The van der Waals surface area contributed by atoms with Gasteiger partial charge in [-0.2, -0.15) is 0 Å². The summed E-state index contributed by atoms with van der Waals surface area (Å²) in [6.45, 7) is 4.74. The van der Waals surface area contributed by atoms with E-state index in [0.717, 1.165) is 6.42 Å². The molecule has 0 aromatic carbocycles. The standard InChI is InChI=1S/C7H14N2O2/c1-2-3-5-9(8-11)6-4-7-10/h2,10H,1,3-7H2. The Morgan fingerprint density at radius 2 is 2.27 bits per heavy atom. The van der Waals surface area contributed by atoms with Gasteiger partial charge in [-0.1, -0.05) is 6.08 Å². The van der Waals surface area contributed by atoms with Crippen LogP contribution in [0.5, 0.6) is 0 Å². The molecule has 0 heterocycles. The lowest BCUT2D eigenvalue weighted by molar-refractivity contribution is 0.230. The van der Waals surface area contributed by atoms with Gasteiger partial charge in [0.25, 0.3) is 0 Å². The van der Waals surface area contributed by atoms with Gasteiger partial charge in [-0.25, -0.2) is 0 Å². The zero-order chi connectivity index (χ0) is 8.53. The molecule has 4 heteroatoms. The maximum absolute atomic E-state index is 10.1. The molecular formula is C7H14N2O2. The monoisotopic (exact) mass is 158 g/mol. The highest BCUT2D eigenvalue weighted by Crippen LogP contribution is 1.94. The van der Waals surface area contributed by atoms with Crippen LogP contribution in [0.3, 0.4) is 0 Å². The minimum Gasteiger partial charge on any atom is -0.396 e. The molecule has 0 bridgehead atoms. The Labute approximate surface area is 66.5 Å². The second-order valence-electron chi connectivity index (χ2n) is 2.19. The molecule has 1 N–H and O–H groups in total. The number of nitrogens with zero attached hydrogens (tertiary/aromatic N) is 2. The second kappa shape index (κ2) is 7.21. The molecule has 0 radical (unpaired) electrons. The summed E-state index contributed by atoms with van der Waals surface area (Å²) in [5.41, 5.74) is 0. The lowest BCUT2D eigenvalue weighted by Gasteiger charge is -2.12. The first kappa shape index (κ1) is 10.1. The Bertz CT molecular complexity index is 117. The van der Waals surface area contributed by atoms with Gasteiger partial charge in [0.1, 0.15) is 0 Å². The second-order valence-corrected chi connectivity index (χ2v) is 2.19. The van der Waals surface area contributed by atoms with Crippen molar-refractivity contribution in [3.63, 3.8) is 0 Å². The third kappa shape index (κ3) is 5.54. The van der Waals surface area contributed by atoms with Crippen LogP contribution in [0.25, 0.3) is 0 Å². The molecule has 0 aliphatic carbocycles. The van der Waals surface area contributed by atoms with Crippen LogP contribution in [0.15, 0.2) is 17.9 Å². The van der Waals surface area contributed by atoms with Crippen molar-refractivity contribution in [3.8, 4) is 0 Å². The van der Waals surface area contributed by atoms with Gasteiger partial charge in [0, 0.05) is 19.7 Å². The molecule has 0 unspecified atom stereocenters. The van der Waals surface area contributed by atoms with E-state index in [1.54, 1.807) is 6.08 Å². The fourth-order valence-electron chi connectivity index (χ4n) is 0.687. The molecule has 0 rings (SSSR count). The number of hydrogen-bond acceptors (Lipinski definition) is 3.